The topological polar surface area (TPSA) is 342 Å². The summed E-state index contributed by atoms with van der Waals surface area (Å²) in [5.41, 5.74) is 3.53. The van der Waals surface area contributed by atoms with E-state index in [2.05, 4.69) is 27.7 Å². The number of alkyl carbamates (subject to hydrolysis) is 2. The summed E-state index contributed by atoms with van der Waals surface area (Å²) >= 11 is 47.0. The van der Waals surface area contributed by atoms with Gasteiger partial charge in [-0.3, -0.25) is 19.2 Å². The minimum absolute atomic E-state index is 0. The highest BCUT2D eigenvalue weighted by atomic mass is 35.6. The summed E-state index contributed by atoms with van der Waals surface area (Å²) in [5.74, 6) is -5.86. The van der Waals surface area contributed by atoms with Gasteiger partial charge in [0.2, 0.25) is 19.4 Å². The summed E-state index contributed by atoms with van der Waals surface area (Å²) in [6, 6.07) is 44.2. The van der Waals surface area contributed by atoms with Crippen molar-refractivity contribution < 1.29 is 102 Å². The van der Waals surface area contributed by atoms with Crippen molar-refractivity contribution >= 4 is 165 Å². The molecule has 0 aliphatic heterocycles. The molecule has 10 atom stereocenters. The van der Waals surface area contributed by atoms with Crippen LogP contribution in [0.2, 0.25) is 10.0 Å². The molecule has 6 aromatic carbocycles. The van der Waals surface area contributed by atoms with E-state index in [4.69, 9.17) is 137 Å². The van der Waals surface area contributed by atoms with E-state index >= 15 is 0 Å². The Kier molecular flexibility index (Phi) is 53.7. The molecule has 132 heavy (non-hydrogen) atoms. The van der Waals surface area contributed by atoms with E-state index in [1.807, 2.05) is 187 Å². The number of alkyl halides is 6. The molecule has 722 valence electrons. The van der Waals surface area contributed by atoms with Crippen LogP contribution >= 0.6 is 92.8 Å². The summed E-state index contributed by atoms with van der Waals surface area (Å²) in [6.07, 6.45) is 14.5. The maximum absolute atomic E-state index is 14.0. The van der Waals surface area contributed by atoms with Crippen molar-refractivity contribution in [2.45, 2.75) is 222 Å². The van der Waals surface area contributed by atoms with E-state index in [0.29, 0.717) is 45.5 Å². The first-order valence-corrected chi connectivity index (χ1v) is 45.0. The Morgan fingerprint density at radius 3 is 1.17 bits per heavy atom. The second-order valence-corrected chi connectivity index (χ2v) is 38.9. The normalized spacial score (nSPS) is 13.9. The molecule has 0 aliphatic carbocycles. The number of carbonyl (C=O) groups is 10. The summed E-state index contributed by atoms with van der Waals surface area (Å²) in [4.78, 5) is 128. The van der Waals surface area contributed by atoms with Crippen molar-refractivity contribution in [1.82, 2.24) is 21.3 Å². The van der Waals surface area contributed by atoms with Gasteiger partial charge >= 0.3 is 48.0 Å². The van der Waals surface area contributed by atoms with Crippen LogP contribution < -0.4 is 30.7 Å². The van der Waals surface area contributed by atoms with Gasteiger partial charge in [-0.25, -0.2) is 28.8 Å². The number of methoxy groups -OCH3 is 2. The lowest BCUT2D eigenvalue weighted by Gasteiger charge is -2.26. The first kappa shape index (κ1) is 116. The number of aliphatic hydroxyl groups is 1. The largest absolute Gasteiger partial charge is 0.495 e. The number of carboxylic acids is 1. The number of aliphatic hydroxyl groups excluding tert-OH is 1. The van der Waals surface area contributed by atoms with E-state index in [-0.39, 0.29) is 76.5 Å². The lowest BCUT2D eigenvalue weighted by molar-refractivity contribution is -0.174. The number of hydrogen-bond acceptors (Lipinski definition) is 20. The molecular weight excluding hydrogens is 1860 g/mol. The van der Waals surface area contributed by atoms with Crippen LogP contribution in [0.1, 0.15) is 164 Å². The van der Waals surface area contributed by atoms with Gasteiger partial charge in [0.15, 0.2) is 12.2 Å². The van der Waals surface area contributed by atoms with E-state index in [0.717, 1.165) is 22.3 Å². The number of carbonyl (C=O) groups excluding carboxylic acids is 9. The predicted octanol–water partition coefficient (Wildman–Crippen LogP) is 20.4. The number of amides is 4. The number of terminal acetylenes is 1. The third-order valence-electron chi connectivity index (χ3n) is 18.2. The third-order valence-corrected chi connectivity index (χ3v) is 19.4. The molecule has 0 aliphatic rings. The summed E-state index contributed by atoms with van der Waals surface area (Å²) in [5, 5.41) is 31.0. The molecule has 25 nitrogen and oxygen atoms in total. The van der Waals surface area contributed by atoms with Gasteiger partial charge in [-0.1, -0.05) is 312 Å². The first-order valence-electron chi connectivity index (χ1n) is 42.4. The SMILES string of the molecule is C.CC(C)CC(OC(=O)C[C@@H](Cc1ccccc1)NC(=O)OC(C)(C)C)C(=O)O.COc1ccc(C[C@@H](NC(=O)/C=C/C[C@H](O)[C@H](C)/C=C/c2ccccc2)C(=O)OCC(Cl)(Cl)Cl)cc1Cl.COc1ccc(C[C@@H](NC(=O)/C=C/C[C@H](OC(=O)[C@H](CC(C)C)OC(=O)C[C@@H](Cc2ccccc2)NC(=O)OC(C)(C)C)[C@H](C)/C=C/c2ccccc2)C(=O)OCC(Cl)(Cl)Cl)cc1Cl.[2H]C#C. The average Bonchev–Trinajstić information content (AvgIpc) is 0.856. The number of rotatable bonds is 43. The molecule has 0 aromatic heterocycles. The number of hydrogen-bond donors (Lipinski definition) is 6. The highest BCUT2D eigenvalue weighted by molar-refractivity contribution is 6.68. The Morgan fingerprint density at radius 1 is 0.470 bits per heavy atom. The van der Waals surface area contributed by atoms with Gasteiger partial charge in [0.1, 0.15) is 55.5 Å². The fourth-order valence-corrected chi connectivity index (χ4v) is 12.9. The lowest BCUT2D eigenvalue weighted by atomic mass is 9.99. The number of aliphatic carboxylic acids is 1. The summed E-state index contributed by atoms with van der Waals surface area (Å²) in [7, 11) is 2.95. The predicted molar refractivity (Wildman–Crippen MR) is 521 cm³/mol. The van der Waals surface area contributed by atoms with Gasteiger partial charge in [-0.15, -0.1) is 12.8 Å². The van der Waals surface area contributed by atoms with Crippen molar-refractivity contribution in [3.8, 4) is 24.3 Å². The van der Waals surface area contributed by atoms with Crippen molar-refractivity contribution in [1.29, 1.82) is 0 Å². The minimum Gasteiger partial charge on any atom is -0.495 e. The van der Waals surface area contributed by atoms with Crippen molar-refractivity contribution in [2.24, 2.45) is 23.7 Å². The van der Waals surface area contributed by atoms with Gasteiger partial charge in [-0.2, -0.15) is 0 Å². The molecule has 4 amide bonds. The number of carboxylic acid groups (broad SMARTS) is 1. The molecule has 0 heterocycles. The summed E-state index contributed by atoms with van der Waals surface area (Å²) in [6.45, 7) is 20.6. The molecule has 1 unspecified atom stereocenters. The van der Waals surface area contributed by atoms with Crippen LogP contribution in [0.25, 0.3) is 12.2 Å². The van der Waals surface area contributed by atoms with E-state index in [1.165, 1.54) is 38.8 Å². The minimum atomic E-state index is -1.89. The van der Waals surface area contributed by atoms with Crippen LogP contribution in [0.5, 0.6) is 11.5 Å². The van der Waals surface area contributed by atoms with Crippen molar-refractivity contribution in [3.63, 3.8) is 0 Å². The Bertz CT molecular complexity index is 4750. The van der Waals surface area contributed by atoms with Crippen LogP contribution in [0.4, 0.5) is 9.59 Å². The molecule has 6 N–H and O–H groups in total. The van der Waals surface area contributed by atoms with Crippen molar-refractivity contribution in [3.05, 3.63) is 238 Å². The van der Waals surface area contributed by atoms with E-state index in [1.54, 1.807) is 84.0 Å². The molecule has 0 saturated heterocycles. The quantitative estimate of drug-likeness (QED) is 0.00681. The average molecular weight is 1990 g/mol. The molecular formula is C99H124Cl8N4O21. The van der Waals surface area contributed by atoms with Crippen LogP contribution in [-0.4, -0.2) is 165 Å². The molecule has 0 fully saturated rings. The zero-order chi connectivity index (χ0) is 98.9. The van der Waals surface area contributed by atoms with Gasteiger partial charge < -0.3 is 74.1 Å². The maximum atomic E-state index is 14.0. The molecule has 0 bridgehead atoms. The highest BCUT2D eigenvalue weighted by Crippen LogP contribution is 2.31. The molecule has 6 aromatic rings. The van der Waals surface area contributed by atoms with Gasteiger partial charge in [0, 0.05) is 43.2 Å². The second-order valence-electron chi connectivity index (χ2n) is 33.0. The number of nitrogens with one attached hydrogen (secondary N) is 4. The highest BCUT2D eigenvalue weighted by Gasteiger charge is 2.35. The van der Waals surface area contributed by atoms with Crippen molar-refractivity contribution in [2.75, 3.05) is 27.4 Å². The number of halogens is 8. The Labute approximate surface area is 817 Å². The van der Waals surface area contributed by atoms with Crippen LogP contribution in [0, 0.1) is 36.5 Å². The number of benzene rings is 6. The molecule has 6 rings (SSSR count). The van der Waals surface area contributed by atoms with Crippen LogP contribution in [-0.2, 0) is 97.2 Å². The second kappa shape index (κ2) is 61.0. The zero-order valence-corrected chi connectivity index (χ0v) is 81.8. The Hall–Kier alpha value is -9.98. The molecule has 0 spiro atoms. The van der Waals surface area contributed by atoms with E-state index in [9.17, 15) is 58.2 Å². The van der Waals surface area contributed by atoms with Gasteiger partial charge in [-0.05, 0) is 155 Å². The lowest BCUT2D eigenvalue weighted by Crippen LogP contribution is -2.43. The fraction of sp³-hybridized carbons (Fsp3) is 0.434. The number of ether oxygens (including phenoxy) is 9. The van der Waals surface area contributed by atoms with Crippen LogP contribution in [0.3, 0.4) is 0 Å². The molecule has 0 saturated carbocycles. The zero-order valence-electron chi connectivity index (χ0n) is 76.8. The van der Waals surface area contributed by atoms with Crippen LogP contribution in [0.15, 0.2) is 194 Å². The number of esters is 5. The monoisotopic (exact) mass is 1990 g/mol. The van der Waals surface area contributed by atoms with Gasteiger partial charge in [0.05, 0.1) is 43.2 Å². The maximum Gasteiger partial charge on any atom is 0.407 e. The van der Waals surface area contributed by atoms with E-state index < -0.39 is 146 Å². The molecule has 0 radical (unpaired) electrons. The standard InChI is InChI=1S/C48H58Cl4N2O10.C27H29Cl4NO5.C21H31NO6.C2H2.CH4/c1-31(2)25-41(62-43(56)29-36(26-34-17-12-9-13-18-34)53-46(59)64-47(4,5)6)45(58)63-39(32(3)21-22-33-15-10-8-11-16-33)19-14-20-42(55)54-38(44(57)61-30-48(50,51)52)28-35-23-24-40(60-7)37(49)27-35;1-18(11-12-19-7-4-3-5-8-19)23(33)9-6-10-25(34)32-22(26(35)37-17-27(29,30)31)16-20-13-14-24(36-2)21(28)15-20;1-14(2)11-17(19(24)25)27-18(23)13-16(12-15-9-7-6-8-10-15)22-20(26)28-21(3,4)5;1-2;/h8-18,20-24,27,31-32,36,38-39,41H,19,25-26,28-30H2,1-7H3,(H,53,59)(H,54,55);3-8,10-15,18,22-23,33H,9,16-17H2,1-2H3,(H,32,34);6-10,14,16-17H,11-13H2,1-5H3,(H,22,26)(H,24,25);1-2H;1H4/b20-14+,22-21+;10-6+,12-11+;;;/t32-,36-,38-,39+,41+;18-,22-,23+;16-,17?;;/m111../s1/i;;;1D;. The Balaban J connectivity index is 0.000000730. The fourth-order valence-electron chi connectivity index (χ4n) is 12.0. The smallest absolute Gasteiger partial charge is 0.407 e. The summed E-state index contributed by atoms with van der Waals surface area (Å²) < 4.78 is 50.4. The third kappa shape index (κ3) is 52.5. The first-order chi connectivity index (χ1) is 62.0. The molecule has 33 heteroatoms. The van der Waals surface area contributed by atoms with Gasteiger partial charge in [0.25, 0.3) is 0 Å². The Morgan fingerprint density at radius 2 is 0.826 bits per heavy atom.